The first kappa shape index (κ1) is 18.6. The minimum absolute atomic E-state index is 0.0133. The van der Waals surface area contributed by atoms with Crippen LogP contribution in [-0.2, 0) is 13.2 Å². The van der Waals surface area contributed by atoms with E-state index in [1.54, 1.807) is 13.2 Å². The SMILES string of the molecule is COc1cccc(CNC(C)(C)C)c1OCc1ccc(F)cc1Cl. The van der Waals surface area contributed by atoms with Crippen molar-refractivity contribution < 1.29 is 13.9 Å². The Morgan fingerprint density at radius 1 is 1.12 bits per heavy atom. The molecular formula is C19H23ClFNO2. The van der Waals surface area contributed by atoms with E-state index < -0.39 is 0 Å². The van der Waals surface area contributed by atoms with Gasteiger partial charge < -0.3 is 14.8 Å². The quantitative estimate of drug-likeness (QED) is 0.798. The van der Waals surface area contributed by atoms with Crippen molar-refractivity contribution in [2.45, 2.75) is 39.5 Å². The lowest BCUT2D eigenvalue weighted by Gasteiger charge is -2.22. The summed E-state index contributed by atoms with van der Waals surface area (Å²) in [6, 6.07) is 10.0. The first-order chi connectivity index (χ1) is 11.3. The summed E-state index contributed by atoms with van der Waals surface area (Å²) in [6.45, 7) is 7.19. The summed E-state index contributed by atoms with van der Waals surface area (Å²) in [5.41, 5.74) is 1.70. The second kappa shape index (κ2) is 7.86. The molecule has 0 heterocycles. The lowest BCUT2D eigenvalue weighted by Crippen LogP contribution is -2.35. The van der Waals surface area contributed by atoms with Crippen molar-refractivity contribution in [3.63, 3.8) is 0 Å². The van der Waals surface area contributed by atoms with Crippen LogP contribution in [0.3, 0.4) is 0 Å². The van der Waals surface area contributed by atoms with Crippen molar-refractivity contribution in [1.29, 1.82) is 0 Å². The average molecular weight is 352 g/mol. The van der Waals surface area contributed by atoms with Crippen molar-refractivity contribution in [1.82, 2.24) is 5.32 Å². The zero-order chi connectivity index (χ0) is 17.7. The molecule has 1 N–H and O–H groups in total. The number of methoxy groups -OCH3 is 1. The number of halogens is 2. The van der Waals surface area contributed by atoms with Gasteiger partial charge in [-0.2, -0.15) is 0 Å². The van der Waals surface area contributed by atoms with Crippen LogP contribution in [0.25, 0.3) is 0 Å². The van der Waals surface area contributed by atoms with Gasteiger partial charge in [-0.15, -0.1) is 0 Å². The molecule has 0 saturated heterocycles. The highest BCUT2D eigenvalue weighted by Gasteiger charge is 2.15. The molecular weight excluding hydrogens is 329 g/mol. The third-order valence-corrected chi connectivity index (χ3v) is 3.83. The van der Waals surface area contributed by atoms with Gasteiger partial charge in [0.2, 0.25) is 0 Å². The van der Waals surface area contributed by atoms with E-state index in [0.717, 1.165) is 11.1 Å². The maximum Gasteiger partial charge on any atom is 0.166 e. The van der Waals surface area contributed by atoms with E-state index in [1.807, 2.05) is 18.2 Å². The molecule has 0 amide bonds. The summed E-state index contributed by atoms with van der Waals surface area (Å²) in [5, 5.41) is 3.78. The molecule has 2 aromatic carbocycles. The van der Waals surface area contributed by atoms with Crippen LogP contribution in [0.1, 0.15) is 31.9 Å². The highest BCUT2D eigenvalue weighted by Crippen LogP contribution is 2.32. The highest BCUT2D eigenvalue weighted by molar-refractivity contribution is 6.31. The molecule has 0 aliphatic heterocycles. The van der Waals surface area contributed by atoms with E-state index >= 15 is 0 Å². The lowest BCUT2D eigenvalue weighted by atomic mass is 10.1. The Balaban J connectivity index is 2.20. The zero-order valence-electron chi connectivity index (χ0n) is 14.5. The van der Waals surface area contributed by atoms with Gasteiger partial charge in [-0.3, -0.25) is 0 Å². The van der Waals surface area contributed by atoms with E-state index in [-0.39, 0.29) is 18.0 Å². The molecule has 0 saturated carbocycles. The predicted octanol–water partition coefficient (Wildman–Crippen LogP) is 4.95. The topological polar surface area (TPSA) is 30.5 Å². The standard InChI is InChI=1S/C19H23ClFNO2/c1-19(2,3)22-11-13-6-5-7-17(23-4)18(13)24-12-14-8-9-15(21)10-16(14)20/h5-10,22H,11-12H2,1-4H3. The van der Waals surface area contributed by atoms with Crippen molar-refractivity contribution in [2.24, 2.45) is 0 Å². The Morgan fingerprint density at radius 3 is 2.50 bits per heavy atom. The van der Waals surface area contributed by atoms with Gasteiger partial charge in [0.05, 0.1) is 12.1 Å². The Kier molecular flexibility index (Phi) is 6.08. The third-order valence-electron chi connectivity index (χ3n) is 3.48. The van der Waals surface area contributed by atoms with Crippen LogP contribution in [-0.4, -0.2) is 12.6 Å². The number of nitrogens with one attached hydrogen (secondary N) is 1. The van der Waals surface area contributed by atoms with Crippen LogP contribution in [0.2, 0.25) is 5.02 Å². The number of benzene rings is 2. The fraction of sp³-hybridized carbons (Fsp3) is 0.368. The van der Waals surface area contributed by atoms with Crippen molar-refractivity contribution in [2.75, 3.05) is 7.11 Å². The molecule has 0 aliphatic carbocycles. The molecule has 0 aromatic heterocycles. The summed E-state index contributed by atoms with van der Waals surface area (Å²) < 4.78 is 24.5. The molecule has 24 heavy (non-hydrogen) atoms. The van der Waals surface area contributed by atoms with Crippen LogP contribution in [0.15, 0.2) is 36.4 Å². The molecule has 0 fully saturated rings. The number of ether oxygens (including phenoxy) is 2. The molecule has 0 aliphatic rings. The van der Waals surface area contributed by atoms with Crippen LogP contribution >= 0.6 is 11.6 Å². The van der Waals surface area contributed by atoms with Crippen molar-refractivity contribution in [3.05, 3.63) is 58.4 Å². The molecule has 0 radical (unpaired) electrons. The Hall–Kier alpha value is -1.78. The van der Waals surface area contributed by atoms with E-state index in [9.17, 15) is 4.39 Å². The zero-order valence-corrected chi connectivity index (χ0v) is 15.2. The maximum atomic E-state index is 13.2. The van der Waals surface area contributed by atoms with Crippen LogP contribution in [0, 0.1) is 5.82 Å². The molecule has 5 heteroatoms. The summed E-state index contributed by atoms with van der Waals surface area (Å²) in [4.78, 5) is 0. The average Bonchev–Trinajstić information content (AvgIpc) is 2.51. The fourth-order valence-electron chi connectivity index (χ4n) is 2.17. The van der Waals surface area contributed by atoms with Crippen LogP contribution < -0.4 is 14.8 Å². The summed E-state index contributed by atoms with van der Waals surface area (Å²) in [7, 11) is 1.61. The van der Waals surface area contributed by atoms with E-state index in [1.165, 1.54) is 12.1 Å². The minimum atomic E-state index is -0.365. The van der Waals surface area contributed by atoms with Gasteiger partial charge in [0, 0.05) is 23.2 Å². The molecule has 0 atom stereocenters. The molecule has 3 nitrogen and oxygen atoms in total. The number of rotatable bonds is 6. The third kappa shape index (κ3) is 5.11. The number of hydrogen-bond donors (Lipinski definition) is 1. The van der Waals surface area contributed by atoms with Gasteiger partial charge in [0.25, 0.3) is 0 Å². The Bertz CT molecular complexity index is 698. The van der Waals surface area contributed by atoms with Gasteiger partial charge >= 0.3 is 0 Å². The maximum absolute atomic E-state index is 13.2. The number of para-hydroxylation sites is 1. The van der Waals surface area contributed by atoms with Crippen LogP contribution in [0.4, 0.5) is 4.39 Å². The van der Waals surface area contributed by atoms with Gasteiger partial charge in [0.1, 0.15) is 12.4 Å². The van der Waals surface area contributed by atoms with Crippen molar-refractivity contribution >= 4 is 11.6 Å². The van der Waals surface area contributed by atoms with Gasteiger partial charge in [0.15, 0.2) is 11.5 Å². The van der Waals surface area contributed by atoms with Crippen molar-refractivity contribution in [3.8, 4) is 11.5 Å². The predicted molar refractivity (Wildman–Crippen MR) is 95.3 cm³/mol. The number of hydrogen-bond acceptors (Lipinski definition) is 3. The van der Waals surface area contributed by atoms with E-state index in [0.29, 0.717) is 23.1 Å². The summed E-state index contributed by atoms with van der Waals surface area (Å²) >= 11 is 6.07. The highest BCUT2D eigenvalue weighted by atomic mass is 35.5. The molecule has 130 valence electrons. The smallest absolute Gasteiger partial charge is 0.166 e. The summed E-state index contributed by atoms with van der Waals surface area (Å²) in [6.07, 6.45) is 0. The van der Waals surface area contributed by atoms with Gasteiger partial charge in [-0.05, 0) is 39.0 Å². The summed E-state index contributed by atoms with van der Waals surface area (Å²) in [5.74, 6) is 0.953. The molecule has 0 unspecified atom stereocenters. The monoisotopic (exact) mass is 351 g/mol. The Labute approximate surface area is 147 Å². The molecule has 2 aromatic rings. The lowest BCUT2D eigenvalue weighted by molar-refractivity contribution is 0.279. The Morgan fingerprint density at radius 2 is 1.88 bits per heavy atom. The molecule has 0 bridgehead atoms. The van der Waals surface area contributed by atoms with E-state index in [4.69, 9.17) is 21.1 Å². The fourth-order valence-corrected chi connectivity index (χ4v) is 2.40. The second-order valence-electron chi connectivity index (χ2n) is 6.58. The van der Waals surface area contributed by atoms with Crippen LogP contribution in [0.5, 0.6) is 11.5 Å². The first-order valence-electron chi connectivity index (χ1n) is 7.78. The largest absolute Gasteiger partial charge is 0.493 e. The molecule has 2 rings (SSSR count). The second-order valence-corrected chi connectivity index (χ2v) is 6.98. The molecule has 0 spiro atoms. The van der Waals surface area contributed by atoms with E-state index in [2.05, 4.69) is 26.1 Å². The van der Waals surface area contributed by atoms with Gasteiger partial charge in [-0.1, -0.05) is 29.8 Å². The first-order valence-corrected chi connectivity index (χ1v) is 8.15. The minimum Gasteiger partial charge on any atom is -0.493 e. The normalized spacial score (nSPS) is 11.4. The van der Waals surface area contributed by atoms with Gasteiger partial charge in [-0.25, -0.2) is 4.39 Å².